The summed E-state index contributed by atoms with van der Waals surface area (Å²) < 4.78 is 281. The van der Waals surface area contributed by atoms with E-state index in [1.165, 1.54) is 21.1 Å². The second-order valence-electron chi connectivity index (χ2n) is 8.63. The number of hydrogen-bond acceptors (Lipinski definition) is 6. The lowest BCUT2D eigenvalue weighted by molar-refractivity contribution is -0.870. The predicted octanol–water partition coefficient (Wildman–Crippen LogP) is 3.63. The van der Waals surface area contributed by atoms with E-state index >= 15 is 0 Å². The van der Waals surface area contributed by atoms with Crippen LogP contribution in [0.25, 0.3) is 0 Å². The first kappa shape index (κ1) is 41.7. The molecular formula is C14H16F17N2O6S2-. The fraction of sp³-hybridized carbons (Fsp3) is 1.00. The zero-order valence-electron chi connectivity index (χ0n) is 19.8. The van der Waals surface area contributed by atoms with Crippen molar-refractivity contribution in [3.8, 4) is 0 Å². The van der Waals surface area contributed by atoms with Crippen molar-refractivity contribution in [2.75, 3.05) is 34.2 Å². The van der Waals surface area contributed by atoms with Gasteiger partial charge in [-0.1, -0.05) is 0 Å². The number of halogens is 17. The highest BCUT2D eigenvalue weighted by atomic mass is 32.3. The molecule has 0 heterocycles. The molecule has 0 aromatic heterocycles. The second kappa shape index (κ2) is 11.6. The molecule has 0 radical (unpaired) electrons. The van der Waals surface area contributed by atoms with Crippen LogP contribution in [0.5, 0.6) is 0 Å². The summed E-state index contributed by atoms with van der Waals surface area (Å²) in [6.45, 7) is -1.38. The first-order chi connectivity index (χ1) is 17.2. The van der Waals surface area contributed by atoms with Gasteiger partial charge in [0.2, 0.25) is 0 Å². The zero-order chi connectivity index (χ0) is 34.3. The van der Waals surface area contributed by atoms with Crippen LogP contribution in [0.2, 0.25) is 0 Å². The van der Waals surface area contributed by atoms with Gasteiger partial charge in [0.05, 0.1) is 27.7 Å². The van der Waals surface area contributed by atoms with Gasteiger partial charge in [-0.2, -0.15) is 74.6 Å². The van der Waals surface area contributed by atoms with E-state index in [2.05, 4.69) is 0 Å². The minimum Gasteiger partial charge on any atom is -0.759 e. The standard InChI is InChI=1S/C14H16F17N2O2S.H2O4S/c1-33(2,3)6-4-5-32-36(34,35)14(30,31)12(25,26)10(21,22)8(17,18)7(15,16)9(19,20)11(23,24)13(27,28)29;1-5(2,3)4/h32H,4-6H2,1-3H3;(H2,1,2,3,4)/q+1;/p-2. The summed E-state index contributed by atoms with van der Waals surface area (Å²) in [6, 6.07) is 0. The Hall–Kier alpha value is -1.45. The largest absolute Gasteiger partial charge is 0.759 e. The van der Waals surface area contributed by atoms with Crippen molar-refractivity contribution in [1.29, 1.82) is 0 Å². The third-order valence-electron chi connectivity index (χ3n) is 4.33. The van der Waals surface area contributed by atoms with Crippen molar-refractivity contribution in [3.63, 3.8) is 0 Å². The maximum Gasteiger partial charge on any atom is 0.460 e. The van der Waals surface area contributed by atoms with E-state index in [0.717, 1.165) is 0 Å². The summed E-state index contributed by atoms with van der Waals surface area (Å²) in [5.74, 6) is -51.5. The molecular weight excluding hydrogens is 679 g/mol. The summed E-state index contributed by atoms with van der Waals surface area (Å²) in [4.78, 5) is 0. The van der Waals surface area contributed by atoms with E-state index in [4.69, 9.17) is 17.5 Å². The number of nitrogens with zero attached hydrogens (tertiary/aromatic N) is 1. The highest BCUT2D eigenvalue weighted by Crippen LogP contribution is 2.64. The molecule has 0 saturated heterocycles. The Morgan fingerprint density at radius 3 is 1.10 bits per heavy atom. The van der Waals surface area contributed by atoms with Gasteiger partial charge in [0.15, 0.2) is 0 Å². The third-order valence-corrected chi connectivity index (χ3v) is 5.84. The summed E-state index contributed by atoms with van der Waals surface area (Å²) in [5.41, 5.74) is 0. The zero-order valence-corrected chi connectivity index (χ0v) is 21.4. The number of sulfonamides is 1. The summed E-state index contributed by atoms with van der Waals surface area (Å²) in [7, 11) is -8.11. The fourth-order valence-corrected chi connectivity index (χ4v) is 3.23. The molecule has 27 heteroatoms. The van der Waals surface area contributed by atoms with Gasteiger partial charge in [0.1, 0.15) is 0 Å². The molecule has 0 atom stereocenters. The smallest absolute Gasteiger partial charge is 0.460 e. The van der Waals surface area contributed by atoms with Gasteiger partial charge in [-0.05, 0) is 0 Å². The number of alkyl halides is 17. The lowest BCUT2D eigenvalue weighted by Crippen LogP contribution is -2.75. The molecule has 0 unspecified atom stereocenters. The number of nitrogens with one attached hydrogen (secondary N) is 1. The van der Waals surface area contributed by atoms with Gasteiger partial charge in [-0.25, -0.2) is 13.1 Å². The summed E-state index contributed by atoms with van der Waals surface area (Å²) in [5, 5.41) is -7.53. The number of hydrogen-bond donors (Lipinski definition) is 1. The molecule has 0 saturated carbocycles. The highest BCUT2D eigenvalue weighted by Gasteiger charge is 2.96. The van der Waals surface area contributed by atoms with Gasteiger partial charge in [-0.15, -0.1) is 0 Å². The molecule has 0 fully saturated rings. The Balaban J connectivity index is 0. The minimum absolute atomic E-state index is 0.0234. The average Bonchev–Trinajstić information content (AvgIpc) is 2.67. The lowest BCUT2D eigenvalue weighted by atomic mass is 9.91. The van der Waals surface area contributed by atoms with Crippen LogP contribution in [0.3, 0.4) is 0 Å². The van der Waals surface area contributed by atoms with Crippen molar-refractivity contribution >= 4 is 20.4 Å². The monoisotopic (exact) mass is 695 g/mol. The molecule has 1 N–H and O–H groups in total. The van der Waals surface area contributed by atoms with Crippen LogP contribution < -0.4 is 4.72 Å². The molecule has 0 aliphatic rings. The van der Waals surface area contributed by atoms with Crippen LogP contribution in [-0.2, 0) is 20.4 Å². The van der Waals surface area contributed by atoms with E-state index < -0.39 is 80.4 Å². The van der Waals surface area contributed by atoms with E-state index in [1.807, 2.05) is 0 Å². The Bertz CT molecular complexity index is 1110. The number of quaternary nitrogens is 1. The van der Waals surface area contributed by atoms with Gasteiger partial charge in [0, 0.05) is 23.4 Å². The summed E-state index contributed by atoms with van der Waals surface area (Å²) in [6.07, 6.45) is -8.37. The number of rotatable bonds is 12. The van der Waals surface area contributed by atoms with Gasteiger partial charge in [-0.3, -0.25) is 8.42 Å². The van der Waals surface area contributed by atoms with Crippen LogP contribution in [-0.4, -0.2) is 112 Å². The van der Waals surface area contributed by atoms with Gasteiger partial charge in [0.25, 0.3) is 10.0 Å². The normalized spacial score (nSPS) is 15.9. The molecule has 0 amide bonds. The molecule has 0 aromatic carbocycles. The minimum atomic E-state index is -8.83. The Morgan fingerprint density at radius 2 is 0.829 bits per heavy atom. The Kier molecular flexibility index (Phi) is 11.8. The quantitative estimate of drug-likeness (QED) is 0.109. The average molecular weight is 695 g/mol. The van der Waals surface area contributed by atoms with Crippen LogP contribution in [0, 0.1) is 0 Å². The fourth-order valence-electron chi connectivity index (χ4n) is 2.17. The highest BCUT2D eigenvalue weighted by molar-refractivity contribution is 7.90. The van der Waals surface area contributed by atoms with Crippen LogP contribution >= 0.6 is 0 Å². The van der Waals surface area contributed by atoms with Crippen molar-refractivity contribution in [2.24, 2.45) is 0 Å². The Morgan fingerprint density at radius 1 is 0.561 bits per heavy atom. The molecule has 8 nitrogen and oxygen atoms in total. The van der Waals surface area contributed by atoms with Crippen LogP contribution in [0.1, 0.15) is 6.42 Å². The molecule has 0 bridgehead atoms. The first-order valence-electron chi connectivity index (χ1n) is 9.38. The van der Waals surface area contributed by atoms with Crippen molar-refractivity contribution in [3.05, 3.63) is 0 Å². The predicted molar refractivity (Wildman–Crippen MR) is 95.6 cm³/mol. The van der Waals surface area contributed by atoms with Crippen molar-refractivity contribution in [1.82, 2.24) is 4.72 Å². The Labute approximate surface area is 218 Å². The van der Waals surface area contributed by atoms with Crippen LogP contribution in [0.4, 0.5) is 74.6 Å². The third kappa shape index (κ3) is 8.14. The lowest BCUT2D eigenvalue weighted by Gasteiger charge is -2.42. The van der Waals surface area contributed by atoms with Gasteiger partial charge >= 0.3 is 47.0 Å². The van der Waals surface area contributed by atoms with E-state index in [0.29, 0.717) is 4.72 Å². The molecule has 0 aliphatic heterocycles. The SMILES string of the molecule is C[N+](C)(C)CCCNS(=O)(=O)C(F)(F)C(F)(F)C(F)(F)C(F)(F)C(F)(F)C(F)(F)C(F)(F)C(F)(F)F.O=S(=O)([O-])[O-]. The van der Waals surface area contributed by atoms with Crippen molar-refractivity contribution < 1.29 is 105 Å². The topological polar surface area (TPSA) is 126 Å². The molecule has 0 rings (SSSR count). The first-order valence-corrected chi connectivity index (χ1v) is 12.2. The van der Waals surface area contributed by atoms with Crippen LogP contribution in [0.15, 0.2) is 0 Å². The second-order valence-corrected chi connectivity index (χ2v) is 11.3. The maximum atomic E-state index is 13.8. The van der Waals surface area contributed by atoms with E-state index in [1.54, 1.807) is 0 Å². The van der Waals surface area contributed by atoms with Gasteiger partial charge < -0.3 is 13.6 Å². The molecule has 41 heavy (non-hydrogen) atoms. The molecule has 0 aliphatic carbocycles. The van der Waals surface area contributed by atoms with E-state index in [-0.39, 0.29) is 11.0 Å². The maximum absolute atomic E-state index is 13.8. The molecule has 0 aromatic rings. The molecule has 0 spiro atoms. The summed E-state index contributed by atoms with van der Waals surface area (Å²) >= 11 is 0. The van der Waals surface area contributed by atoms with E-state index in [9.17, 15) is 83.1 Å². The van der Waals surface area contributed by atoms with Crippen molar-refractivity contribution in [2.45, 2.75) is 53.4 Å². The molecule has 250 valence electrons.